The summed E-state index contributed by atoms with van der Waals surface area (Å²) in [6.07, 6.45) is 3.78. The zero-order chi connectivity index (χ0) is 14.5. The maximum atomic E-state index is 5.44. The molecule has 0 saturated carbocycles. The van der Waals surface area contributed by atoms with Crippen LogP contribution in [0.1, 0.15) is 47.4 Å². The summed E-state index contributed by atoms with van der Waals surface area (Å²) in [5.74, 6) is 1.06. The summed E-state index contributed by atoms with van der Waals surface area (Å²) < 4.78 is 5.44. The van der Waals surface area contributed by atoms with E-state index in [1.165, 1.54) is 22.3 Å². The zero-order valence-electron chi connectivity index (χ0n) is 13.0. The van der Waals surface area contributed by atoms with E-state index in [0.717, 1.165) is 25.1 Å². The van der Waals surface area contributed by atoms with Crippen LogP contribution in [0, 0.1) is 20.8 Å². The van der Waals surface area contributed by atoms with Crippen LogP contribution in [-0.2, 0) is 6.42 Å². The second-order valence-electron chi connectivity index (χ2n) is 5.52. The maximum Gasteiger partial charge on any atom is 0.103 e. The van der Waals surface area contributed by atoms with Gasteiger partial charge in [-0.1, -0.05) is 19.1 Å². The third-order valence-corrected chi connectivity index (χ3v) is 3.97. The number of aryl methyl sites for hydroxylation is 4. The van der Waals surface area contributed by atoms with Crippen LogP contribution in [0.2, 0.25) is 0 Å². The molecule has 0 saturated heterocycles. The van der Waals surface area contributed by atoms with Gasteiger partial charge in [-0.15, -0.1) is 0 Å². The largest absolute Gasteiger partial charge is 0.469 e. The molecule has 1 unspecified atom stereocenters. The topological polar surface area (TPSA) is 25.2 Å². The lowest BCUT2D eigenvalue weighted by molar-refractivity contribution is 0.457. The molecule has 0 fully saturated rings. The normalized spacial score (nSPS) is 12.6. The summed E-state index contributed by atoms with van der Waals surface area (Å²) in [6, 6.07) is 9.03. The van der Waals surface area contributed by atoms with E-state index >= 15 is 0 Å². The molecule has 1 heterocycles. The molecule has 2 heteroatoms. The van der Waals surface area contributed by atoms with Crippen molar-refractivity contribution in [2.75, 3.05) is 6.54 Å². The van der Waals surface area contributed by atoms with Crippen LogP contribution in [0.4, 0.5) is 0 Å². The van der Waals surface area contributed by atoms with Crippen molar-refractivity contribution in [1.29, 1.82) is 0 Å². The van der Waals surface area contributed by atoms with Crippen LogP contribution in [-0.4, -0.2) is 6.54 Å². The average molecular weight is 271 g/mol. The zero-order valence-corrected chi connectivity index (χ0v) is 13.0. The number of hydrogen-bond acceptors (Lipinski definition) is 2. The number of rotatable bonds is 6. The molecule has 0 radical (unpaired) electrons. The molecule has 0 spiro atoms. The van der Waals surface area contributed by atoms with Gasteiger partial charge in [0, 0.05) is 12.5 Å². The minimum Gasteiger partial charge on any atom is -0.469 e. The Kier molecular flexibility index (Phi) is 5.02. The van der Waals surface area contributed by atoms with Gasteiger partial charge in [0.1, 0.15) is 5.76 Å². The second-order valence-corrected chi connectivity index (χ2v) is 5.52. The van der Waals surface area contributed by atoms with Gasteiger partial charge in [-0.2, -0.15) is 0 Å². The average Bonchev–Trinajstić information content (AvgIpc) is 2.92. The lowest BCUT2D eigenvalue weighted by Gasteiger charge is -2.21. The van der Waals surface area contributed by atoms with Crippen LogP contribution in [0.25, 0.3) is 0 Å². The summed E-state index contributed by atoms with van der Waals surface area (Å²) in [4.78, 5) is 0. The molecule has 0 bridgehead atoms. The monoisotopic (exact) mass is 271 g/mol. The molecule has 108 valence electrons. The summed E-state index contributed by atoms with van der Waals surface area (Å²) in [5.41, 5.74) is 5.53. The van der Waals surface area contributed by atoms with Crippen LogP contribution in [0.15, 0.2) is 34.9 Å². The fourth-order valence-electron chi connectivity index (χ4n) is 2.71. The SMILES string of the molecule is CCNC(CCc1ccco1)c1cc(C)c(C)cc1C. The maximum absolute atomic E-state index is 5.44. The molecule has 0 aliphatic carbocycles. The molecular weight excluding hydrogens is 246 g/mol. The van der Waals surface area contributed by atoms with Crippen molar-refractivity contribution in [2.45, 2.75) is 46.6 Å². The summed E-state index contributed by atoms with van der Waals surface area (Å²) in [7, 11) is 0. The van der Waals surface area contributed by atoms with Gasteiger partial charge in [-0.05, 0) is 68.1 Å². The van der Waals surface area contributed by atoms with Crippen LogP contribution in [0.3, 0.4) is 0 Å². The third-order valence-electron chi connectivity index (χ3n) is 3.97. The van der Waals surface area contributed by atoms with E-state index in [-0.39, 0.29) is 0 Å². The first-order chi connectivity index (χ1) is 9.61. The quantitative estimate of drug-likeness (QED) is 0.837. The van der Waals surface area contributed by atoms with E-state index in [2.05, 4.69) is 51.2 Å². The van der Waals surface area contributed by atoms with Crippen LogP contribution in [0.5, 0.6) is 0 Å². The molecule has 2 aromatic rings. The number of nitrogens with one attached hydrogen (secondary N) is 1. The van der Waals surface area contributed by atoms with Crippen LogP contribution >= 0.6 is 0 Å². The smallest absolute Gasteiger partial charge is 0.103 e. The van der Waals surface area contributed by atoms with Gasteiger partial charge in [-0.25, -0.2) is 0 Å². The Labute approximate surface area is 122 Å². The van der Waals surface area contributed by atoms with Gasteiger partial charge in [0.25, 0.3) is 0 Å². The highest BCUT2D eigenvalue weighted by Crippen LogP contribution is 2.25. The first-order valence-electron chi connectivity index (χ1n) is 7.45. The Morgan fingerprint density at radius 3 is 2.50 bits per heavy atom. The summed E-state index contributed by atoms with van der Waals surface area (Å²) in [6.45, 7) is 9.72. The molecule has 0 aliphatic heterocycles. The van der Waals surface area contributed by atoms with Gasteiger partial charge < -0.3 is 9.73 Å². The molecule has 20 heavy (non-hydrogen) atoms. The molecule has 2 rings (SSSR count). The Morgan fingerprint density at radius 2 is 1.85 bits per heavy atom. The standard InChI is InChI=1S/C18H25NO/c1-5-19-18(9-8-16-7-6-10-20-16)17-12-14(3)13(2)11-15(17)4/h6-7,10-12,18-19H,5,8-9H2,1-4H3. The fourth-order valence-corrected chi connectivity index (χ4v) is 2.71. The highest BCUT2D eigenvalue weighted by Gasteiger charge is 2.14. The lowest BCUT2D eigenvalue weighted by atomic mass is 9.93. The number of benzene rings is 1. The lowest BCUT2D eigenvalue weighted by Crippen LogP contribution is -2.22. The predicted molar refractivity (Wildman–Crippen MR) is 84.1 cm³/mol. The minimum absolute atomic E-state index is 0.393. The first kappa shape index (κ1) is 14.9. The third kappa shape index (κ3) is 3.51. The molecule has 1 aromatic heterocycles. The van der Waals surface area contributed by atoms with Crippen molar-refractivity contribution in [2.24, 2.45) is 0 Å². The highest BCUT2D eigenvalue weighted by atomic mass is 16.3. The fraction of sp³-hybridized carbons (Fsp3) is 0.444. The molecule has 1 N–H and O–H groups in total. The Balaban J connectivity index is 2.17. The van der Waals surface area contributed by atoms with E-state index < -0.39 is 0 Å². The molecule has 0 aliphatic rings. The Morgan fingerprint density at radius 1 is 1.10 bits per heavy atom. The van der Waals surface area contributed by atoms with Gasteiger partial charge in [-0.3, -0.25) is 0 Å². The Bertz CT molecular complexity index is 543. The van der Waals surface area contributed by atoms with Gasteiger partial charge in [0.15, 0.2) is 0 Å². The van der Waals surface area contributed by atoms with Gasteiger partial charge >= 0.3 is 0 Å². The molecule has 2 nitrogen and oxygen atoms in total. The van der Waals surface area contributed by atoms with E-state index in [4.69, 9.17) is 4.42 Å². The molecule has 1 aromatic carbocycles. The number of hydrogen-bond donors (Lipinski definition) is 1. The summed E-state index contributed by atoms with van der Waals surface area (Å²) in [5, 5.41) is 3.61. The predicted octanol–water partition coefficient (Wildman–Crippen LogP) is 4.49. The second kappa shape index (κ2) is 6.76. The van der Waals surface area contributed by atoms with E-state index in [0.29, 0.717) is 6.04 Å². The minimum atomic E-state index is 0.393. The van der Waals surface area contributed by atoms with Crippen molar-refractivity contribution < 1.29 is 4.42 Å². The van der Waals surface area contributed by atoms with Crippen molar-refractivity contribution in [1.82, 2.24) is 5.32 Å². The van der Waals surface area contributed by atoms with Crippen LogP contribution < -0.4 is 5.32 Å². The van der Waals surface area contributed by atoms with E-state index in [1.54, 1.807) is 6.26 Å². The highest BCUT2D eigenvalue weighted by molar-refractivity contribution is 5.38. The van der Waals surface area contributed by atoms with Crippen molar-refractivity contribution in [3.63, 3.8) is 0 Å². The Hall–Kier alpha value is -1.54. The van der Waals surface area contributed by atoms with Crippen molar-refractivity contribution in [3.8, 4) is 0 Å². The van der Waals surface area contributed by atoms with Gasteiger partial charge in [0.05, 0.1) is 6.26 Å². The first-order valence-corrected chi connectivity index (χ1v) is 7.45. The van der Waals surface area contributed by atoms with E-state index in [9.17, 15) is 0 Å². The van der Waals surface area contributed by atoms with Crippen molar-refractivity contribution in [3.05, 3.63) is 58.5 Å². The molecule has 0 amide bonds. The van der Waals surface area contributed by atoms with Crippen molar-refractivity contribution >= 4 is 0 Å². The summed E-state index contributed by atoms with van der Waals surface area (Å²) >= 11 is 0. The number of furan rings is 1. The molecular formula is C18H25NO. The van der Waals surface area contributed by atoms with Gasteiger partial charge in [0.2, 0.25) is 0 Å². The molecule has 1 atom stereocenters. The van der Waals surface area contributed by atoms with E-state index in [1.807, 2.05) is 6.07 Å².